The molecule has 1 heterocycles. The summed E-state index contributed by atoms with van der Waals surface area (Å²) in [5.41, 5.74) is 2.97. The van der Waals surface area contributed by atoms with Crippen molar-refractivity contribution in [1.82, 2.24) is 4.98 Å². The minimum atomic E-state index is -0.263. The van der Waals surface area contributed by atoms with Gasteiger partial charge in [-0.25, -0.2) is 4.98 Å². The van der Waals surface area contributed by atoms with E-state index in [9.17, 15) is 5.11 Å². The number of oxazole rings is 1. The molecule has 3 aromatic rings. The molecule has 3 rings (SSSR count). The predicted molar refractivity (Wildman–Crippen MR) is 101 cm³/mol. The Morgan fingerprint density at radius 1 is 1.16 bits per heavy atom. The van der Waals surface area contributed by atoms with Crippen LogP contribution < -0.4 is 0 Å². The van der Waals surface area contributed by atoms with E-state index in [1.807, 2.05) is 24.3 Å². The van der Waals surface area contributed by atoms with Crippen LogP contribution in [0, 0.1) is 0 Å². The van der Waals surface area contributed by atoms with E-state index in [0.29, 0.717) is 16.6 Å². The highest BCUT2D eigenvalue weighted by molar-refractivity contribution is 6.33. The molecule has 25 heavy (non-hydrogen) atoms. The van der Waals surface area contributed by atoms with Gasteiger partial charge in [0, 0.05) is 5.56 Å². The lowest BCUT2D eigenvalue weighted by Gasteiger charge is -2.00. The maximum absolute atomic E-state index is 9.96. The largest absolute Gasteiger partial charge is 0.479 e. The van der Waals surface area contributed by atoms with Crippen molar-refractivity contribution < 1.29 is 9.52 Å². The highest BCUT2D eigenvalue weighted by Crippen LogP contribution is 2.28. The number of halogens is 1. The van der Waals surface area contributed by atoms with E-state index in [0.717, 1.165) is 12.0 Å². The monoisotopic (exact) mass is 354 g/mol. The number of aromatic hydroxyl groups is 1. The van der Waals surface area contributed by atoms with Gasteiger partial charge < -0.3 is 9.52 Å². The van der Waals surface area contributed by atoms with E-state index in [1.54, 1.807) is 12.1 Å². The molecule has 0 unspecified atom stereocenters. The van der Waals surface area contributed by atoms with E-state index in [1.165, 1.54) is 24.6 Å². The maximum Gasteiger partial charge on any atom is 0.312 e. The molecule has 0 radical (unpaired) electrons. The number of unbranched alkanes of at least 4 members (excludes halogenated alkanes) is 1. The Hall–Kier alpha value is -2.59. The fourth-order valence-electron chi connectivity index (χ4n) is 2.41. The molecule has 0 spiro atoms. The highest BCUT2D eigenvalue weighted by atomic mass is 35.5. The molecule has 0 aliphatic heterocycles. The summed E-state index contributed by atoms with van der Waals surface area (Å²) in [6.45, 7) is 2.18. The first-order valence-corrected chi connectivity index (χ1v) is 8.63. The summed E-state index contributed by atoms with van der Waals surface area (Å²) in [6.07, 6.45) is 4.84. The zero-order valence-electron chi connectivity index (χ0n) is 13.9. The third kappa shape index (κ3) is 4.28. The van der Waals surface area contributed by atoms with Crippen molar-refractivity contribution in [2.24, 2.45) is 4.99 Å². The van der Waals surface area contributed by atoms with Crippen LogP contribution in [0.25, 0.3) is 11.5 Å². The van der Waals surface area contributed by atoms with Gasteiger partial charge in [-0.1, -0.05) is 49.2 Å². The van der Waals surface area contributed by atoms with Gasteiger partial charge in [0.1, 0.15) is 0 Å². The molecule has 0 aliphatic carbocycles. The molecule has 0 saturated carbocycles. The Bertz CT molecular complexity index is 870. The Balaban J connectivity index is 1.79. The van der Waals surface area contributed by atoms with E-state index in [2.05, 4.69) is 29.0 Å². The van der Waals surface area contributed by atoms with Crippen LogP contribution in [0.5, 0.6) is 5.95 Å². The van der Waals surface area contributed by atoms with Crippen molar-refractivity contribution in [2.75, 3.05) is 0 Å². The van der Waals surface area contributed by atoms with Gasteiger partial charge in [-0.15, -0.1) is 0 Å². The van der Waals surface area contributed by atoms with Gasteiger partial charge in [0.2, 0.25) is 5.89 Å². The van der Waals surface area contributed by atoms with E-state index in [4.69, 9.17) is 16.0 Å². The molecule has 4 nitrogen and oxygen atoms in total. The van der Waals surface area contributed by atoms with Gasteiger partial charge in [-0.05, 0) is 42.7 Å². The Morgan fingerprint density at radius 3 is 2.64 bits per heavy atom. The first kappa shape index (κ1) is 17.2. The van der Waals surface area contributed by atoms with E-state index < -0.39 is 0 Å². The van der Waals surface area contributed by atoms with Crippen LogP contribution in [-0.2, 0) is 6.42 Å². The summed E-state index contributed by atoms with van der Waals surface area (Å²) >= 11 is 6.06. The molecule has 0 fully saturated rings. The number of benzene rings is 2. The second-order valence-electron chi connectivity index (χ2n) is 5.72. The second kappa shape index (κ2) is 7.99. The molecule has 0 aliphatic rings. The lowest BCUT2D eigenvalue weighted by Crippen LogP contribution is -1.86. The van der Waals surface area contributed by atoms with Crippen molar-refractivity contribution in [3.63, 3.8) is 0 Å². The van der Waals surface area contributed by atoms with Crippen molar-refractivity contribution in [1.29, 1.82) is 0 Å². The van der Waals surface area contributed by atoms with Gasteiger partial charge in [0.05, 0.1) is 16.9 Å². The van der Waals surface area contributed by atoms with Crippen LogP contribution in [0.4, 0.5) is 5.69 Å². The SMILES string of the molecule is CCCCc1ccc(-c2nc(C=Nc3ccccc3Cl)c(O)o2)cc1. The summed E-state index contributed by atoms with van der Waals surface area (Å²) in [4.78, 5) is 8.56. The van der Waals surface area contributed by atoms with Gasteiger partial charge in [-0.2, -0.15) is 0 Å². The Morgan fingerprint density at radius 2 is 1.92 bits per heavy atom. The quantitative estimate of drug-likeness (QED) is 0.569. The molecular weight excluding hydrogens is 336 g/mol. The van der Waals surface area contributed by atoms with E-state index in [-0.39, 0.29) is 11.6 Å². The summed E-state index contributed by atoms with van der Waals surface area (Å²) in [7, 11) is 0. The van der Waals surface area contributed by atoms with Crippen molar-refractivity contribution in [3.8, 4) is 17.4 Å². The molecule has 5 heteroatoms. The van der Waals surface area contributed by atoms with Crippen molar-refractivity contribution in [3.05, 3.63) is 64.8 Å². The number of rotatable bonds is 6. The normalized spacial score (nSPS) is 11.3. The zero-order chi connectivity index (χ0) is 17.6. The molecule has 0 saturated heterocycles. The minimum absolute atomic E-state index is 0.263. The molecule has 0 amide bonds. The Labute approximate surface area is 151 Å². The topological polar surface area (TPSA) is 58.6 Å². The van der Waals surface area contributed by atoms with Gasteiger partial charge in [-0.3, -0.25) is 4.99 Å². The van der Waals surface area contributed by atoms with Crippen LogP contribution in [-0.4, -0.2) is 16.3 Å². The molecule has 0 atom stereocenters. The number of aliphatic imine (C=N–C) groups is 1. The number of aryl methyl sites for hydroxylation is 1. The molecule has 128 valence electrons. The van der Waals surface area contributed by atoms with Gasteiger partial charge in [0.15, 0.2) is 5.69 Å². The van der Waals surface area contributed by atoms with E-state index >= 15 is 0 Å². The summed E-state index contributed by atoms with van der Waals surface area (Å²) < 4.78 is 5.36. The lowest BCUT2D eigenvalue weighted by atomic mass is 10.1. The molecule has 0 bridgehead atoms. The summed E-state index contributed by atoms with van der Waals surface area (Å²) in [6, 6.07) is 15.2. The number of aromatic nitrogens is 1. The second-order valence-corrected chi connectivity index (χ2v) is 6.13. The smallest absolute Gasteiger partial charge is 0.312 e. The maximum atomic E-state index is 9.96. The fraction of sp³-hybridized carbons (Fsp3) is 0.200. The number of hydrogen-bond donors (Lipinski definition) is 1. The fourth-order valence-corrected chi connectivity index (χ4v) is 2.60. The summed E-state index contributed by atoms with van der Waals surface area (Å²) in [5, 5.41) is 10.5. The number of nitrogens with zero attached hydrogens (tertiary/aromatic N) is 2. The lowest BCUT2D eigenvalue weighted by molar-refractivity contribution is 0.337. The van der Waals surface area contributed by atoms with Gasteiger partial charge >= 0.3 is 5.95 Å². The predicted octanol–water partition coefficient (Wildman–Crippen LogP) is 5.79. The Kier molecular flexibility index (Phi) is 5.51. The third-order valence-corrected chi connectivity index (χ3v) is 4.15. The number of hydrogen-bond acceptors (Lipinski definition) is 4. The van der Waals surface area contributed by atoms with Gasteiger partial charge in [0.25, 0.3) is 0 Å². The van der Waals surface area contributed by atoms with Crippen LogP contribution in [0.2, 0.25) is 5.02 Å². The van der Waals surface area contributed by atoms with Crippen molar-refractivity contribution >= 4 is 23.5 Å². The average molecular weight is 355 g/mol. The minimum Gasteiger partial charge on any atom is -0.479 e. The van der Waals surface area contributed by atoms with Crippen LogP contribution in [0.3, 0.4) is 0 Å². The first-order chi connectivity index (χ1) is 12.2. The van der Waals surface area contributed by atoms with Crippen molar-refractivity contribution in [2.45, 2.75) is 26.2 Å². The molecule has 1 aromatic heterocycles. The third-order valence-electron chi connectivity index (χ3n) is 3.83. The van der Waals surface area contributed by atoms with Crippen LogP contribution in [0.15, 0.2) is 57.9 Å². The highest BCUT2D eigenvalue weighted by Gasteiger charge is 2.12. The zero-order valence-corrected chi connectivity index (χ0v) is 14.7. The average Bonchev–Trinajstić information content (AvgIpc) is 3.00. The molecule has 1 N–H and O–H groups in total. The van der Waals surface area contributed by atoms with Crippen LogP contribution in [0.1, 0.15) is 31.0 Å². The molecular formula is C20H19ClN2O2. The number of para-hydroxylation sites is 1. The first-order valence-electron chi connectivity index (χ1n) is 8.25. The summed E-state index contributed by atoms with van der Waals surface area (Å²) in [5.74, 6) is 0.0982. The van der Waals surface area contributed by atoms with Crippen LogP contribution >= 0.6 is 11.6 Å². The standard InChI is InChI=1S/C20H19ClN2O2/c1-2-3-6-14-9-11-15(12-10-14)19-23-18(20(24)25-19)13-22-17-8-5-4-7-16(17)21/h4-5,7-13,24H,2-3,6H2,1H3. The molecule has 2 aromatic carbocycles.